The second kappa shape index (κ2) is 11.3. The monoisotopic (exact) mass is 541 g/mol. The second-order valence-corrected chi connectivity index (χ2v) is 10.3. The minimum atomic E-state index is -0.564. The van der Waals surface area contributed by atoms with Crippen molar-refractivity contribution in [3.8, 4) is 0 Å². The molecule has 6 heteroatoms. The molecule has 1 aliphatic heterocycles. The number of aryl methyl sites for hydroxylation is 1. The number of carbonyl (C=O) groups is 3. The zero-order valence-electron chi connectivity index (χ0n) is 23.0. The number of hydrogen-bond donors (Lipinski definition) is 0. The quantitative estimate of drug-likeness (QED) is 0.167. The number of benzene rings is 4. The second-order valence-electron chi connectivity index (χ2n) is 10.3. The first-order valence-corrected chi connectivity index (χ1v) is 14.0. The van der Waals surface area contributed by atoms with Crippen LogP contribution in [-0.4, -0.2) is 45.3 Å². The van der Waals surface area contributed by atoms with Crippen LogP contribution in [0.15, 0.2) is 109 Å². The molecule has 1 fully saturated rings. The molecule has 4 amide bonds. The van der Waals surface area contributed by atoms with E-state index in [-0.39, 0.29) is 18.7 Å². The summed E-state index contributed by atoms with van der Waals surface area (Å²) in [5.41, 5.74) is 5.02. The maximum Gasteiger partial charge on any atom is 0.333 e. The molecule has 6 nitrogen and oxygen atoms in total. The Balaban J connectivity index is 1.37. The molecule has 6 rings (SSSR count). The molecule has 5 aromatic rings. The Morgan fingerprint density at radius 2 is 1.15 bits per heavy atom. The smallest absolute Gasteiger partial charge is 0.333 e. The lowest BCUT2D eigenvalue weighted by Gasteiger charge is -2.34. The number of aromatic nitrogens is 1. The van der Waals surface area contributed by atoms with Gasteiger partial charge < -0.3 is 4.57 Å². The molecule has 0 aliphatic carbocycles. The largest absolute Gasteiger partial charge is 0.341 e. The lowest BCUT2D eigenvalue weighted by atomic mass is 10.0. The summed E-state index contributed by atoms with van der Waals surface area (Å²) < 4.78 is 2.26. The molecule has 0 N–H and O–H groups in total. The molecule has 1 aromatic heterocycles. The summed E-state index contributed by atoms with van der Waals surface area (Å²) in [5, 5.41) is 2.18. The third-order valence-corrected chi connectivity index (χ3v) is 7.77. The summed E-state index contributed by atoms with van der Waals surface area (Å²) in [4.78, 5) is 43.4. The van der Waals surface area contributed by atoms with E-state index in [0.717, 1.165) is 45.0 Å². The molecular weight excluding hydrogens is 510 g/mol. The van der Waals surface area contributed by atoms with Crippen LogP contribution in [0.25, 0.3) is 27.9 Å². The molecule has 0 bridgehead atoms. The predicted molar refractivity (Wildman–Crippen MR) is 162 cm³/mol. The third-order valence-electron chi connectivity index (χ3n) is 7.77. The van der Waals surface area contributed by atoms with Gasteiger partial charge in [0.05, 0.1) is 0 Å². The minimum Gasteiger partial charge on any atom is -0.341 e. The summed E-state index contributed by atoms with van der Waals surface area (Å²) in [6.45, 7) is 3.33. The highest BCUT2D eigenvalue weighted by molar-refractivity contribution is 6.31. The number of hydrogen-bond acceptors (Lipinski definition) is 3. The highest BCUT2D eigenvalue weighted by Crippen LogP contribution is 2.31. The Hall–Kier alpha value is -4.97. The van der Waals surface area contributed by atoms with Crippen LogP contribution in [0.2, 0.25) is 0 Å². The van der Waals surface area contributed by atoms with Crippen molar-refractivity contribution in [2.75, 3.05) is 13.1 Å². The van der Waals surface area contributed by atoms with Gasteiger partial charge in [0.2, 0.25) is 0 Å². The fourth-order valence-electron chi connectivity index (χ4n) is 5.66. The van der Waals surface area contributed by atoms with E-state index < -0.39 is 17.8 Å². The Morgan fingerprint density at radius 3 is 1.73 bits per heavy atom. The normalized spacial score (nSPS) is 14.0. The van der Waals surface area contributed by atoms with Gasteiger partial charge in [0.15, 0.2) is 0 Å². The minimum absolute atomic E-state index is 0.00398. The molecule has 4 aromatic carbocycles. The van der Waals surface area contributed by atoms with Crippen LogP contribution in [0.1, 0.15) is 23.6 Å². The first-order chi connectivity index (χ1) is 20.0. The molecule has 41 heavy (non-hydrogen) atoms. The van der Waals surface area contributed by atoms with Crippen LogP contribution in [0.4, 0.5) is 4.79 Å². The van der Waals surface area contributed by atoms with Crippen molar-refractivity contribution < 1.29 is 14.4 Å². The van der Waals surface area contributed by atoms with Crippen molar-refractivity contribution in [2.45, 2.75) is 26.3 Å². The number of nitrogens with zero attached hydrogens (tertiary/aromatic N) is 3. The number of barbiturate groups is 1. The van der Waals surface area contributed by atoms with Gasteiger partial charge in [-0.1, -0.05) is 84.9 Å². The molecule has 0 saturated carbocycles. The molecule has 0 unspecified atom stereocenters. The van der Waals surface area contributed by atoms with E-state index >= 15 is 0 Å². The average molecular weight is 542 g/mol. The number of urea groups is 1. The van der Waals surface area contributed by atoms with Crippen LogP contribution >= 0.6 is 0 Å². The van der Waals surface area contributed by atoms with Gasteiger partial charge in [-0.25, -0.2) is 4.79 Å². The van der Waals surface area contributed by atoms with E-state index in [2.05, 4.69) is 23.6 Å². The van der Waals surface area contributed by atoms with Crippen molar-refractivity contribution in [2.24, 2.45) is 0 Å². The summed E-state index contributed by atoms with van der Waals surface area (Å²) in [5.74, 6) is -1.11. The van der Waals surface area contributed by atoms with Gasteiger partial charge in [-0.05, 0) is 60.7 Å². The summed E-state index contributed by atoms with van der Waals surface area (Å²) >= 11 is 0. The molecule has 0 spiro atoms. The molecule has 2 heterocycles. The molecule has 0 atom stereocenters. The zero-order chi connectivity index (χ0) is 28.3. The molecule has 1 saturated heterocycles. The lowest BCUT2D eigenvalue weighted by Crippen LogP contribution is -2.57. The van der Waals surface area contributed by atoms with Gasteiger partial charge in [-0.15, -0.1) is 0 Å². The van der Waals surface area contributed by atoms with E-state index in [1.165, 1.54) is 9.80 Å². The molecule has 0 radical (unpaired) electrons. The van der Waals surface area contributed by atoms with Gasteiger partial charge in [0, 0.05) is 41.4 Å². The number of rotatable bonds is 8. The third kappa shape index (κ3) is 5.05. The summed E-state index contributed by atoms with van der Waals surface area (Å²) in [7, 11) is 0. The first-order valence-electron chi connectivity index (χ1n) is 14.0. The van der Waals surface area contributed by atoms with Crippen LogP contribution in [0.3, 0.4) is 0 Å². The number of carbonyl (C=O) groups excluding carboxylic acids is 3. The summed E-state index contributed by atoms with van der Waals surface area (Å²) in [6, 6.07) is 33.1. The van der Waals surface area contributed by atoms with Gasteiger partial charge in [0.25, 0.3) is 11.8 Å². The number of para-hydroxylation sites is 1. The topological polar surface area (TPSA) is 62.6 Å². The van der Waals surface area contributed by atoms with Crippen LogP contribution < -0.4 is 0 Å². The van der Waals surface area contributed by atoms with Crippen molar-refractivity contribution in [3.05, 3.63) is 125 Å². The Bertz CT molecular complexity index is 1720. The van der Waals surface area contributed by atoms with Gasteiger partial charge in [0.1, 0.15) is 5.57 Å². The van der Waals surface area contributed by atoms with E-state index in [1.54, 1.807) is 6.08 Å². The molecule has 1 aliphatic rings. The van der Waals surface area contributed by atoms with Gasteiger partial charge >= 0.3 is 6.03 Å². The highest BCUT2D eigenvalue weighted by Gasteiger charge is 2.41. The van der Waals surface area contributed by atoms with E-state index in [4.69, 9.17) is 0 Å². The number of fused-ring (bicyclic) bond motifs is 3. The lowest BCUT2D eigenvalue weighted by molar-refractivity contribution is -0.135. The molecule has 204 valence electrons. The van der Waals surface area contributed by atoms with E-state index in [1.807, 2.05) is 91.0 Å². The predicted octanol–water partition coefficient (Wildman–Crippen LogP) is 6.47. The Labute approximate surface area is 239 Å². The Kier molecular flexibility index (Phi) is 7.21. The highest BCUT2D eigenvalue weighted by atomic mass is 16.2. The standard InChI is InChI=1S/C35H31N3O3/c1-2-36-31-16-10-9-15-28(31)29-23-27(17-18-32(29)36)24-30-33(39)37(21-19-25-11-5-3-6-12-25)35(41)38(34(30)40)22-20-26-13-7-4-8-14-26/h3-18,23-24H,2,19-22H2,1H3. The molecular formula is C35H31N3O3. The van der Waals surface area contributed by atoms with E-state index in [0.29, 0.717) is 12.8 Å². The zero-order valence-corrected chi connectivity index (χ0v) is 23.0. The van der Waals surface area contributed by atoms with Crippen molar-refractivity contribution >= 4 is 45.7 Å². The van der Waals surface area contributed by atoms with Crippen LogP contribution in [-0.2, 0) is 29.0 Å². The van der Waals surface area contributed by atoms with Crippen LogP contribution in [0.5, 0.6) is 0 Å². The summed E-state index contributed by atoms with van der Waals surface area (Å²) in [6.07, 6.45) is 2.66. The van der Waals surface area contributed by atoms with Gasteiger partial charge in [-0.3, -0.25) is 19.4 Å². The van der Waals surface area contributed by atoms with E-state index in [9.17, 15) is 14.4 Å². The first kappa shape index (κ1) is 26.3. The number of imide groups is 2. The van der Waals surface area contributed by atoms with Crippen molar-refractivity contribution in [3.63, 3.8) is 0 Å². The van der Waals surface area contributed by atoms with Crippen molar-refractivity contribution in [1.29, 1.82) is 0 Å². The SMILES string of the molecule is CCn1c2ccccc2c2cc(C=C3C(=O)N(CCc4ccccc4)C(=O)N(CCc4ccccc4)C3=O)ccc21. The maximum atomic E-state index is 13.7. The fourth-order valence-corrected chi connectivity index (χ4v) is 5.66. The average Bonchev–Trinajstić information content (AvgIpc) is 3.33. The maximum absolute atomic E-state index is 13.7. The fraction of sp³-hybridized carbons (Fsp3) is 0.171. The van der Waals surface area contributed by atoms with Crippen molar-refractivity contribution in [1.82, 2.24) is 14.4 Å². The Morgan fingerprint density at radius 1 is 0.610 bits per heavy atom. The number of amides is 4. The van der Waals surface area contributed by atoms with Crippen LogP contribution in [0, 0.1) is 0 Å². The van der Waals surface area contributed by atoms with Gasteiger partial charge in [-0.2, -0.15) is 0 Å².